The van der Waals surface area contributed by atoms with Crippen molar-refractivity contribution >= 4 is 0 Å². The van der Waals surface area contributed by atoms with E-state index in [9.17, 15) is 0 Å². The van der Waals surface area contributed by atoms with E-state index in [1.165, 1.54) is 71.2 Å². The Morgan fingerprint density at radius 2 is 1.89 bits per heavy atom. The molecule has 2 fully saturated rings. The number of fused-ring (bicyclic) bond motifs is 2. The van der Waals surface area contributed by atoms with Gasteiger partial charge in [-0.3, -0.25) is 4.90 Å². The van der Waals surface area contributed by atoms with E-state index in [1.54, 1.807) is 0 Å². The summed E-state index contributed by atoms with van der Waals surface area (Å²) in [6, 6.07) is 1.72. The predicted octanol–water partition coefficient (Wildman–Crippen LogP) is 1.93. The Hall–Kier alpha value is -0.120. The van der Waals surface area contributed by atoms with Gasteiger partial charge in [0.2, 0.25) is 0 Å². The van der Waals surface area contributed by atoms with Gasteiger partial charge in [-0.15, -0.1) is 0 Å². The van der Waals surface area contributed by atoms with E-state index in [2.05, 4.69) is 29.1 Å². The van der Waals surface area contributed by atoms with E-state index >= 15 is 0 Å². The van der Waals surface area contributed by atoms with Gasteiger partial charge in [-0.05, 0) is 71.8 Å². The molecule has 2 unspecified atom stereocenters. The summed E-state index contributed by atoms with van der Waals surface area (Å²) in [6.07, 6.45) is 8.20. The van der Waals surface area contributed by atoms with Crippen molar-refractivity contribution in [1.82, 2.24) is 15.1 Å². The molecule has 0 spiro atoms. The molecule has 2 aliphatic rings. The predicted molar refractivity (Wildman–Crippen MR) is 78.0 cm³/mol. The molecule has 0 aliphatic carbocycles. The van der Waals surface area contributed by atoms with Gasteiger partial charge >= 0.3 is 0 Å². The lowest BCUT2D eigenvalue weighted by atomic mass is 10.1. The number of nitrogens with zero attached hydrogens (tertiary/aromatic N) is 2. The third-order valence-electron chi connectivity index (χ3n) is 4.74. The van der Waals surface area contributed by atoms with Gasteiger partial charge in [0.05, 0.1) is 0 Å². The number of unbranched alkanes of at least 4 members (excludes halogenated alkanes) is 1. The van der Waals surface area contributed by atoms with Crippen LogP contribution in [0.4, 0.5) is 0 Å². The highest BCUT2D eigenvalue weighted by atomic mass is 15.3. The molecular weight excluding hydrogens is 222 g/mol. The molecule has 2 rings (SSSR count). The quantitative estimate of drug-likeness (QED) is 0.700. The molecule has 1 N–H and O–H groups in total. The van der Waals surface area contributed by atoms with Crippen LogP contribution in [-0.4, -0.2) is 61.7 Å². The molecular formula is C15H31N3. The second-order valence-corrected chi connectivity index (χ2v) is 6.10. The first-order valence-electron chi connectivity index (χ1n) is 7.96. The number of nitrogens with one attached hydrogen (secondary N) is 1. The molecule has 0 saturated carbocycles. The minimum absolute atomic E-state index is 0.843. The zero-order valence-electron chi connectivity index (χ0n) is 12.3. The molecule has 106 valence electrons. The molecule has 0 aromatic carbocycles. The number of hydrogen-bond acceptors (Lipinski definition) is 3. The summed E-state index contributed by atoms with van der Waals surface area (Å²) in [7, 11) is 2.33. The van der Waals surface area contributed by atoms with Crippen molar-refractivity contribution in [3.05, 3.63) is 0 Å². The van der Waals surface area contributed by atoms with Crippen LogP contribution in [0.25, 0.3) is 0 Å². The van der Waals surface area contributed by atoms with Crippen LogP contribution >= 0.6 is 0 Å². The van der Waals surface area contributed by atoms with Crippen LogP contribution in [0.5, 0.6) is 0 Å². The van der Waals surface area contributed by atoms with E-state index in [1.807, 2.05) is 0 Å². The molecule has 0 aromatic rings. The maximum Gasteiger partial charge on any atom is 0.0223 e. The molecule has 0 radical (unpaired) electrons. The average Bonchev–Trinajstić information content (AvgIpc) is 2.61. The molecule has 2 atom stereocenters. The maximum absolute atomic E-state index is 3.49. The second-order valence-electron chi connectivity index (χ2n) is 6.10. The smallest absolute Gasteiger partial charge is 0.0223 e. The summed E-state index contributed by atoms with van der Waals surface area (Å²) < 4.78 is 0. The van der Waals surface area contributed by atoms with Gasteiger partial charge in [-0.2, -0.15) is 0 Å². The average molecular weight is 253 g/mol. The van der Waals surface area contributed by atoms with Crippen LogP contribution in [0.3, 0.4) is 0 Å². The highest BCUT2D eigenvalue weighted by Gasteiger charge is 2.34. The first-order valence-corrected chi connectivity index (χ1v) is 7.96. The monoisotopic (exact) mass is 253 g/mol. The minimum atomic E-state index is 0.843. The largest absolute Gasteiger partial charge is 0.317 e. The standard InChI is InChI=1S/C15H31N3/c1-3-9-16-10-4-5-11-18-12-8-14-6-7-15(13-18)17(14)2/h14-16H,3-13H2,1-2H3. The molecule has 18 heavy (non-hydrogen) atoms. The minimum Gasteiger partial charge on any atom is -0.317 e. The fraction of sp³-hybridized carbons (Fsp3) is 1.00. The molecule has 0 amide bonds. The van der Waals surface area contributed by atoms with Crippen LogP contribution in [0.15, 0.2) is 0 Å². The molecule has 2 heterocycles. The fourth-order valence-electron chi connectivity index (χ4n) is 3.47. The van der Waals surface area contributed by atoms with Crippen molar-refractivity contribution in [2.24, 2.45) is 0 Å². The zero-order chi connectivity index (χ0) is 12.8. The summed E-state index contributed by atoms with van der Waals surface area (Å²) >= 11 is 0. The summed E-state index contributed by atoms with van der Waals surface area (Å²) in [5, 5.41) is 3.49. The Morgan fingerprint density at radius 3 is 2.72 bits per heavy atom. The summed E-state index contributed by atoms with van der Waals surface area (Å²) in [5.74, 6) is 0. The Kier molecular flexibility index (Phi) is 5.93. The van der Waals surface area contributed by atoms with Crippen LogP contribution < -0.4 is 5.32 Å². The van der Waals surface area contributed by atoms with E-state index in [4.69, 9.17) is 0 Å². The van der Waals surface area contributed by atoms with Gasteiger partial charge in [-0.25, -0.2) is 0 Å². The second kappa shape index (κ2) is 7.46. The maximum atomic E-state index is 3.49. The summed E-state index contributed by atoms with van der Waals surface area (Å²) in [5.41, 5.74) is 0. The molecule has 2 bridgehead atoms. The van der Waals surface area contributed by atoms with Gasteiger partial charge in [0.25, 0.3) is 0 Å². The van der Waals surface area contributed by atoms with E-state index < -0.39 is 0 Å². The zero-order valence-corrected chi connectivity index (χ0v) is 12.3. The Labute approximate surface area is 113 Å². The van der Waals surface area contributed by atoms with Gasteiger partial charge in [-0.1, -0.05) is 6.92 Å². The lowest BCUT2D eigenvalue weighted by Gasteiger charge is -2.25. The first kappa shape index (κ1) is 14.3. The van der Waals surface area contributed by atoms with Crippen LogP contribution in [0.1, 0.15) is 45.4 Å². The Balaban J connectivity index is 1.59. The number of rotatable bonds is 7. The van der Waals surface area contributed by atoms with Gasteiger partial charge < -0.3 is 10.2 Å². The topological polar surface area (TPSA) is 18.5 Å². The van der Waals surface area contributed by atoms with Gasteiger partial charge in [0.1, 0.15) is 0 Å². The molecule has 0 aromatic heterocycles. The molecule has 3 nitrogen and oxygen atoms in total. The normalized spacial score (nSPS) is 29.7. The van der Waals surface area contributed by atoms with Gasteiger partial charge in [0, 0.05) is 18.6 Å². The molecule has 2 saturated heterocycles. The number of likely N-dealkylation sites (tertiary alicyclic amines) is 1. The van der Waals surface area contributed by atoms with E-state index in [0.717, 1.165) is 12.1 Å². The Morgan fingerprint density at radius 1 is 1.06 bits per heavy atom. The van der Waals surface area contributed by atoms with Crippen molar-refractivity contribution in [3.63, 3.8) is 0 Å². The highest BCUT2D eigenvalue weighted by Crippen LogP contribution is 2.28. The van der Waals surface area contributed by atoms with Crippen LogP contribution in [0.2, 0.25) is 0 Å². The highest BCUT2D eigenvalue weighted by molar-refractivity contribution is 4.90. The van der Waals surface area contributed by atoms with Crippen molar-refractivity contribution in [2.75, 3.05) is 39.8 Å². The third kappa shape index (κ3) is 3.94. The van der Waals surface area contributed by atoms with Gasteiger partial charge in [0.15, 0.2) is 0 Å². The van der Waals surface area contributed by atoms with Crippen LogP contribution in [-0.2, 0) is 0 Å². The number of hydrogen-bond donors (Lipinski definition) is 1. The van der Waals surface area contributed by atoms with E-state index in [0.29, 0.717) is 0 Å². The molecule has 3 heteroatoms. The van der Waals surface area contributed by atoms with Crippen molar-refractivity contribution in [3.8, 4) is 0 Å². The lowest BCUT2D eigenvalue weighted by Crippen LogP contribution is -2.37. The third-order valence-corrected chi connectivity index (χ3v) is 4.74. The lowest BCUT2D eigenvalue weighted by molar-refractivity contribution is 0.217. The number of likely N-dealkylation sites (N-methyl/N-ethyl adjacent to an activating group) is 1. The summed E-state index contributed by atoms with van der Waals surface area (Å²) in [6.45, 7) is 8.57. The fourth-order valence-corrected chi connectivity index (χ4v) is 3.47. The molecule has 2 aliphatic heterocycles. The van der Waals surface area contributed by atoms with Crippen LogP contribution in [0, 0.1) is 0 Å². The van der Waals surface area contributed by atoms with E-state index in [-0.39, 0.29) is 0 Å². The van der Waals surface area contributed by atoms with Crippen molar-refractivity contribution in [2.45, 2.75) is 57.5 Å². The van der Waals surface area contributed by atoms with Crippen molar-refractivity contribution in [1.29, 1.82) is 0 Å². The Bertz CT molecular complexity index is 232. The summed E-state index contributed by atoms with van der Waals surface area (Å²) in [4.78, 5) is 5.35. The SMILES string of the molecule is CCCNCCCCN1CCC2CCC(C1)N2C. The first-order chi connectivity index (χ1) is 8.81. The van der Waals surface area contributed by atoms with Crippen molar-refractivity contribution < 1.29 is 0 Å².